The zero-order valence-electron chi connectivity index (χ0n) is 8.42. The van der Waals surface area contributed by atoms with Crippen molar-refractivity contribution < 1.29 is 19.8 Å². The van der Waals surface area contributed by atoms with Gasteiger partial charge in [0.1, 0.15) is 10.4 Å². The zero-order chi connectivity index (χ0) is 12.5. The van der Waals surface area contributed by atoms with Gasteiger partial charge in [-0.25, -0.2) is 14.0 Å². The number of carboxylic acid groups (broad SMARTS) is 2. The molecular weight excluding hydrogens is 248 g/mol. The molecule has 17 heavy (non-hydrogen) atoms. The Bertz CT molecular complexity index is 478. The summed E-state index contributed by atoms with van der Waals surface area (Å²) in [5.74, 6) is 0. The van der Waals surface area contributed by atoms with Gasteiger partial charge in [0.05, 0.1) is 24.6 Å². The van der Waals surface area contributed by atoms with Gasteiger partial charge in [0.2, 0.25) is 0 Å². The van der Waals surface area contributed by atoms with Crippen molar-refractivity contribution in [3.63, 3.8) is 0 Å². The number of rotatable bonds is 1. The highest BCUT2D eigenvalue weighted by Crippen LogP contribution is 2.57. The van der Waals surface area contributed by atoms with E-state index in [9.17, 15) is 9.59 Å². The molecule has 2 rings (SSSR count). The third-order valence-electron chi connectivity index (χ3n) is 2.14. The van der Waals surface area contributed by atoms with Crippen LogP contribution in [0.15, 0.2) is 22.9 Å². The Kier molecular flexibility index (Phi) is 2.68. The molecule has 2 N–H and O–H groups in total. The van der Waals surface area contributed by atoms with Gasteiger partial charge in [0.15, 0.2) is 0 Å². The molecule has 1 aromatic rings. The average Bonchev–Trinajstić information content (AvgIpc) is 2.75. The Labute approximate surface area is 97.2 Å². The molecular formula is C8H8N4O4S. The Morgan fingerprint density at radius 2 is 2.00 bits per heavy atom. The molecule has 8 nitrogen and oxygen atoms in total. The van der Waals surface area contributed by atoms with Gasteiger partial charge in [-0.1, -0.05) is 0 Å². The van der Waals surface area contributed by atoms with Gasteiger partial charge in [0.25, 0.3) is 0 Å². The van der Waals surface area contributed by atoms with Crippen LogP contribution in [0.25, 0.3) is 0 Å². The van der Waals surface area contributed by atoms with Crippen molar-refractivity contribution in [1.82, 2.24) is 10.2 Å². The number of carbonyl (C=O) groups is 2. The molecule has 0 bridgehead atoms. The lowest BCUT2D eigenvalue weighted by Gasteiger charge is -2.33. The van der Waals surface area contributed by atoms with Crippen molar-refractivity contribution in [1.29, 1.82) is 0 Å². The van der Waals surface area contributed by atoms with E-state index in [2.05, 4.69) is 14.6 Å². The molecule has 0 aromatic carbocycles. The quantitative estimate of drug-likeness (QED) is 0.779. The zero-order valence-corrected chi connectivity index (χ0v) is 9.24. The van der Waals surface area contributed by atoms with Crippen LogP contribution in [0.3, 0.4) is 0 Å². The molecule has 1 aromatic heterocycles. The van der Waals surface area contributed by atoms with Crippen LogP contribution in [-0.2, 0) is 0 Å². The minimum absolute atomic E-state index is 0.125. The first-order chi connectivity index (χ1) is 8.09. The van der Waals surface area contributed by atoms with Gasteiger partial charge in [0, 0.05) is 6.21 Å². The molecule has 2 heterocycles. The van der Waals surface area contributed by atoms with E-state index in [1.54, 1.807) is 0 Å². The van der Waals surface area contributed by atoms with E-state index in [1.807, 2.05) is 0 Å². The molecule has 1 aliphatic rings. The van der Waals surface area contributed by atoms with Crippen molar-refractivity contribution in [3.8, 4) is 0 Å². The lowest BCUT2D eigenvalue weighted by atomic mass is 10.5. The van der Waals surface area contributed by atoms with E-state index in [-0.39, 0.29) is 6.54 Å². The summed E-state index contributed by atoms with van der Waals surface area (Å²) < 4.78 is 4.88. The molecule has 0 spiro atoms. The van der Waals surface area contributed by atoms with Crippen LogP contribution >= 0.6 is 10.4 Å². The highest BCUT2D eigenvalue weighted by atomic mass is 32.3. The standard InChI is InChI=1S/C8H8N4O4S/c13-7(14)17(8(15)16)11-3-4-12(17)6-1-2-9-10-5-6/h1-3,5H,4H2,(H,13,14)(H,15,16). The number of anilines is 1. The van der Waals surface area contributed by atoms with E-state index in [0.717, 1.165) is 0 Å². The van der Waals surface area contributed by atoms with Crippen LogP contribution in [0.4, 0.5) is 15.3 Å². The SMILES string of the molecule is O=C(O)S1(C(=O)O)N=CCN1c1ccnnc1. The minimum Gasteiger partial charge on any atom is -0.471 e. The van der Waals surface area contributed by atoms with Gasteiger partial charge >= 0.3 is 10.6 Å². The molecule has 1 aliphatic heterocycles. The first kappa shape index (κ1) is 11.3. The smallest absolute Gasteiger partial charge is 0.394 e. The molecule has 0 saturated carbocycles. The largest absolute Gasteiger partial charge is 0.471 e. The predicted octanol–water partition coefficient (Wildman–Crippen LogP) is 1.36. The molecule has 0 aliphatic carbocycles. The van der Waals surface area contributed by atoms with Crippen molar-refractivity contribution >= 4 is 32.9 Å². The monoisotopic (exact) mass is 256 g/mol. The lowest BCUT2D eigenvalue weighted by Crippen LogP contribution is -2.32. The van der Waals surface area contributed by atoms with E-state index in [4.69, 9.17) is 10.2 Å². The summed E-state index contributed by atoms with van der Waals surface area (Å²) in [5, 5.41) is 22.5. The average molecular weight is 256 g/mol. The highest BCUT2D eigenvalue weighted by Gasteiger charge is 2.49. The summed E-state index contributed by atoms with van der Waals surface area (Å²) in [6.45, 7) is 0.125. The Balaban J connectivity index is 2.49. The van der Waals surface area contributed by atoms with Gasteiger partial charge in [-0.15, -0.1) is 0 Å². The van der Waals surface area contributed by atoms with Gasteiger partial charge < -0.3 is 10.2 Å². The maximum Gasteiger partial charge on any atom is 0.394 e. The van der Waals surface area contributed by atoms with Crippen molar-refractivity contribution in [2.75, 3.05) is 10.8 Å². The van der Waals surface area contributed by atoms with Crippen LogP contribution in [-0.4, -0.2) is 43.8 Å². The number of hydrogen-bond acceptors (Lipinski definition) is 6. The van der Waals surface area contributed by atoms with Crippen molar-refractivity contribution in [3.05, 3.63) is 18.5 Å². The van der Waals surface area contributed by atoms with E-state index in [1.165, 1.54) is 29.0 Å². The molecule has 0 fully saturated rings. The normalized spacial score (nSPS) is 18.9. The second kappa shape index (κ2) is 4.01. The minimum atomic E-state index is -3.32. The molecule has 0 amide bonds. The Morgan fingerprint density at radius 3 is 2.53 bits per heavy atom. The summed E-state index contributed by atoms with van der Waals surface area (Å²) in [6, 6.07) is 1.50. The van der Waals surface area contributed by atoms with Crippen LogP contribution in [0.1, 0.15) is 0 Å². The summed E-state index contributed by atoms with van der Waals surface area (Å²) in [4.78, 5) is 22.4. The first-order valence-corrected chi connectivity index (χ1v) is 6.01. The van der Waals surface area contributed by atoms with Crippen LogP contribution in [0.2, 0.25) is 0 Å². The maximum absolute atomic E-state index is 11.2. The van der Waals surface area contributed by atoms with Crippen LogP contribution in [0, 0.1) is 0 Å². The third kappa shape index (κ3) is 1.60. The third-order valence-corrected chi connectivity index (χ3v) is 4.56. The van der Waals surface area contributed by atoms with Gasteiger partial charge in [-0.05, 0) is 6.07 Å². The fraction of sp³-hybridized carbons (Fsp3) is 0.125. The molecule has 9 heteroatoms. The Hall–Kier alpha value is -2.16. The Morgan fingerprint density at radius 1 is 1.29 bits per heavy atom. The summed E-state index contributed by atoms with van der Waals surface area (Å²) >= 11 is 0. The van der Waals surface area contributed by atoms with Crippen LogP contribution in [0.5, 0.6) is 0 Å². The van der Waals surface area contributed by atoms with E-state index in [0.29, 0.717) is 5.69 Å². The molecule has 0 unspecified atom stereocenters. The number of aromatic nitrogens is 2. The summed E-state index contributed by atoms with van der Waals surface area (Å²) in [5.41, 5.74) is 0.373. The lowest BCUT2D eigenvalue weighted by molar-refractivity contribution is 0.215. The van der Waals surface area contributed by atoms with Crippen molar-refractivity contribution in [2.45, 2.75) is 0 Å². The molecule has 0 saturated heterocycles. The fourth-order valence-corrected chi connectivity index (χ4v) is 3.22. The maximum atomic E-state index is 11.2. The molecule has 90 valence electrons. The van der Waals surface area contributed by atoms with Gasteiger partial charge in [-0.3, -0.25) is 4.31 Å². The van der Waals surface area contributed by atoms with Crippen LogP contribution < -0.4 is 4.31 Å². The summed E-state index contributed by atoms with van der Waals surface area (Å²) in [6.07, 6.45) is 3.96. The molecule has 0 radical (unpaired) electrons. The second-order valence-corrected chi connectivity index (χ2v) is 5.48. The van der Waals surface area contributed by atoms with E-state index >= 15 is 0 Å². The number of hydrogen-bond donors (Lipinski definition) is 2. The first-order valence-electron chi connectivity index (χ1n) is 4.46. The molecule has 0 atom stereocenters. The van der Waals surface area contributed by atoms with Gasteiger partial charge in [-0.2, -0.15) is 10.2 Å². The predicted molar refractivity (Wildman–Crippen MR) is 61.5 cm³/mol. The highest BCUT2D eigenvalue weighted by molar-refractivity contribution is 8.55. The fourth-order valence-electron chi connectivity index (χ4n) is 1.42. The number of nitrogens with zero attached hydrogens (tertiary/aromatic N) is 4. The van der Waals surface area contributed by atoms with Crippen molar-refractivity contribution in [2.24, 2.45) is 4.40 Å². The topological polar surface area (TPSA) is 116 Å². The second-order valence-electron chi connectivity index (χ2n) is 3.03. The van der Waals surface area contributed by atoms with E-state index < -0.39 is 21.0 Å². The summed E-state index contributed by atoms with van der Waals surface area (Å²) in [7, 11) is -3.32.